The maximum absolute atomic E-state index is 12.1. The monoisotopic (exact) mass is 983 g/mol. The summed E-state index contributed by atoms with van der Waals surface area (Å²) in [6.45, 7) is 10.7. The minimum atomic E-state index is -0.670. The number of pyridine rings is 2. The van der Waals surface area contributed by atoms with Gasteiger partial charge in [-0.25, -0.2) is 9.78 Å². The lowest BCUT2D eigenvalue weighted by molar-refractivity contribution is -0.385. The van der Waals surface area contributed by atoms with Crippen LogP contribution in [0.2, 0.25) is 0 Å². The molecule has 0 saturated heterocycles. The van der Waals surface area contributed by atoms with Crippen molar-refractivity contribution in [2.75, 3.05) is 25.5 Å². The molecule has 370 valence electrons. The smallest absolute Gasteiger partial charge is 0.408 e. The van der Waals surface area contributed by atoms with Gasteiger partial charge in [-0.3, -0.25) is 29.7 Å². The predicted octanol–water partition coefficient (Wildman–Crippen LogP) is 9.95. The number of nitro benzene ring substituents is 1. The zero-order valence-corrected chi connectivity index (χ0v) is 41.6. The highest BCUT2D eigenvalue weighted by molar-refractivity contribution is 7.78. The molecule has 0 aliphatic rings. The van der Waals surface area contributed by atoms with Crippen LogP contribution in [-0.2, 0) is 34.2 Å². The van der Waals surface area contributed by atoms with E-state index in [-0.39, 0.29) is 43.2 Å². The second-order valence-corrected chi connectivity index (χ2v) is 16.7. The molecule has 1 amide bonds. The normalized spacial score (nSPS) is 10.3. The van der Waals surface area contributed by atoms with Gasteiger partial charge in [0.1, 0.15) is 28.6 Å². The van der Waals surface area contributed by atoms with Gasteiger partial charge in [0.25, 0.3) is 5.69 Å². The molecule has 7 aromatic rings. The van der Waals surface area contributed by atoms with E-state index >= 15 is 0 Å². The van der Waals surface area contributed by atoms with E-state index in [1.807, 2.05) is 73.1 Å². The van der Waals surface area contributed by atoms with Crippen LogP contribution in [0.15, 0.2) is 127 Å². The van der Waals surface area contributed by atoms with Crippen molar-refractivity contribution in [2.45, 2.75) is 60.0 Å². The van der Waals surface area contributed by atoms with Gasteiger partial charge in [0.2, 0.25) is 5.95 Å². The number of carbonyl (C=O) groups excluding carboxylic acids is 3. The molecule has 3 aromatic heterocycles. The van der Waals surface area contributed by atoms with Crippen LogP contribution in [0.4, 0.5) is 27.8 Å². The summed E-state index contributed by atoms with van der Waals surface area (Å²) in [5.74, 6) is 2.38. The number of carbonyl (C=O) groups is 3. The van der Waals surface area contributed by atoms with E-state index in [2.05, 4.69) is 62.0 Å². The van der Waals surface area contributed by atoms with Crippen molar-refractivity contribution < 1.29 is 38.6 Å². The number of thiocarbonyl (C=S) groups is 1. The number of isothiocyanates is 1. The summed E-state index contributed by atoms with van der Waals surface area (Å²) >= 11 is 4.45. The predicted molar refractivity (Wildman–Crippen MR) is 276 cm³/mol. The molecular formula is C52H57N9O9S. The van der Waals surface area contributed by atoms with Gasteiger partial charge >= 0.3 is 6.09 Å². The molecule has 0 bridgehead atoms. The SMILES string of the molecule is CO.Cc1ccc(N=C=S)cc1.Cc1ccc(Nc2nc3cc(Oc4ccnc(CC(=O)CN)c4)ccc3n2C)cc1.Cc1ccc(Oc2ccnc(CC(=O)CNC(=O)OC(C)(C)C)c2)cc1[N+](=O)[O-]. The first kappa shape index (κ1) is 55.4. The van der Waals surface area contributed by atoms with Gasteiger partial charge in [0.05, 0.1) is 70.2 Å². The molecule has 71 heavy (non-hydrogen) atoms. The fourth-order valence-corrected chi connectivity index (χ4v) is 6.28. The first-order valence-electron chi connectivity index (χ1n) is 22.0. The van der Waals surface area contributed by atoms with Gasteiger partial charge in [0, 0.05) is 56.0 Å². The lowest BCUT2D eigenvalue weighted by Crippen LogP contribution is -2.35. The van der Waals surface area contributed by atoms with Crippen LogP contribution in [0.25, 0.3) is 11.0 Å². The van der Waals surface area contributed by atoms with Crippen LogP contribution in [0.3, 0.4) is 0 Å². The van der Waals surface area contributed by atoms with E-state index in [9.17, 15) is 24.5 Å². The van der Waals surface area contributed by atoms with Crippen LogP contribution in [0.5, 0.6) is 23.0 Å². The molecule has 0 unspecified atom stereocenters. The third-order valence-electron chi connectivity index (χ3n) is 9.61. The molecule has 18 nitrogen and oxygen atoms in total. The number of rotatable bonds is 15. The number of fused-ring (bicyclic) bond motifs is 1. The first-order chi connectivity index (χ1) is 33.9. The van der Waals surface area contributed by atoms with E-state index in [0.29, 0.717) is 39.9 Å². The summed E-state index contributed by atoms with van der Waals surface area (Å²) in [4.78, 5) is 62.6. The Kier molecular flexibility index (Phi) is 21.1. The fraction of sp³-hybridized carbons (Fsp3) is 0.250. The van der Waals surface area contributed by atoms with Gasteiger partial charge in [-0.2, -0.15) is 4.99 Å². The van der Waals surface area contributed by atoms with Crippen molar-refractivity contribution in [1.82, 2.24) is 24.8 Å². The largest absolute Gasteiger partial charge is 0.457 e. The van der Waals surface area contributed by atoms with Crippen molar-refractivity contribution in [3.63, 3.8) is 0 Å². The summed E-state index contributed by atoms with van der Waals surface area (Å²) in [6, 6.07) is 32.9. The Labute approximate surface area is 417 Å². The number of nitro groups is 1. The molecule has 0 aliphatic heterocycles. The molecule has 0 aliphatic carbocycles. The zero-order valence-electron chi connectivity index (χ0n) is 40.8. The maximum atomic E-state index is 12.1. The van der Waals surface area contributed by atoms with E-state index in [1.165, 1.54) is 23.4 Å². The number of hydrogen-bond donors (Lipinski definition) is 4. The zero-order chi connectivity index (χ0) is 52.1. The molecule has 5 N–H and O–H groups in total. The van der Waals surface area contributed by atoms with Gasteiger partial charge in [-0.15, -0.1) is 0 Å². The Balaban J connectivity index is 0.000000251. The number of Topliss-reactive ketones (excluding diaryl/α,β-unsaturated/α-hetero) is 2. The number of benzene rings is 4. The highest BCUT2D eigenvalue weighted by Crippen LogP contribution is 2.30. The number of aliphatic hydroxyl groups excluding tert-OH is 1. The molecule has 0 atom stereocenters. The van der Waals surface area contributed by atoms with Crippen molar-refractivity contribution in [3.8, 4) is 23.0 Å². The summed E-state index contributed by atoms with van der Waals surface area (Å²) in [5.41, 5.74) is 12.4. The third-order valence-corrected chi connectivity index (χ3v) is 9.70. The van der Waals surface area contributed by atoms with Crippen LogP contribution in [0.1, 0.15) is 48.8 Å². The standard InChI is InChI=1S/C23H23N5O2.C20H23N3O6.C8H7NS.CH4O/c1-15-3-5-16(6-4-15)26-23-27-21-13-19(7-8-22(21)28(23)2)30-20-9-10-25-17(12-20)11-18(29)14-24;1-13-5-6-16(11-18(13)23(26)27)28-17-7-8-21-14(10-17)9-15(24)12-22-19(25)29-20(2,3)4;1-7-2-4-8(5-3-7)9-6-10;1-2/h3-10,12-13H,11,14,24H2,1-2H3,(H,26,27);5-8,10-11H,9,12H2,1-4H3,(H,22,25);2-5H,1H3;2H,1H3. The molecule has 0 radical (unpaired) electrons. The Morgan fingerprint density at radius 1 is 0.789 bits per heavy atom. The Hall–Kier alpha value is -8.22. The number of aromatic nitrogens is 4. The lowest BCUT2D eigenvalue weighted by Gasteiger charge is -2.19. The van der Waals surface area contributed by atoms with Gasteiger partial charge in [-0.05, 0) is 114 Å². The van der Waals surface area contributed by atoms with Crippen LogP contribution >= 0.6 is 12.2 Å². The molecule has 3 heterocycles. The molecule has 4 aromatic carbocycles. The van der Waals surface area contributed by atoms with Gasteiger partial charge in [-0.1, -0.05) is 35.4 Å². The van der Waals surface area contributed by atoms with E-state index < -0.39 is 16.6 Å². The molecule has 0 spiro atoms. The van der Waals surface area contributed by atoms with E-state index in [0.717, 1.165) is 35.5 Å². The topological polar surface area (TPSA) is 248 Å². The molecule has 19 heteroatoms. The van der Waals surface area contributed by atoms with Gasteiger partial charge in [0.15, 0.2) is 11.6 Å². The molecule has 0 fully saturated rings. The Morgan fingerprint density at radius 3 is 1.87 bits per heavy atom. The first-order valence-corrected chi connectivity index (χ1v) is 22.4. The maximum Gasteiger partial charge on any atom is 0.408 e. The lowest BCUT2D eigenvalue weighted by atomic mass is 10.2. The third kappa shape index (κ3) is 18.7. The van der Waals surface area contributed by atoms with Crippen LogP contribution in [0, 0.1) is 30.9 Å². The van der Waals surface area contributed by atoms with Gasteiger partial charge < -0.3 is 40.3 Å². The number of amides is 1. The number of nitrogens with one attached hydrogen (secondary N) is 2. The van der Waals surface area contributed by atoms with E-state index in [1.54, 1.807) is 70.3 Å². The Morgan fingerprint density at radius 2 is 1.32 bits per heavy atom. The number of aliphatic imine (C=N–C) groups is 1. The average molecular weight is 984 g/mol. The fourth-order valence-electron chi connectivity index (χ4n) is 6.17. The number of anilines is 2. The van der Waals surface area contributed by atoms with Crippen LogP contribution in [-0.4, -0.2) is 78.2 Å². The number of hydrogen-bond acceptors (Lipinski definition) is 16. The average Bonchev–Trinajstić information content (AvgIpc) is 3.64. The van der Waals surface area contributed by atoms with Crippen molar-refractivity contribution >= 4 is 69.1 Å². The van der Waals surface area contributed by atoms with E-state index in [4.69, 9.17) is 30.0 Å². The number of imidazole rings is 1. The number of aryl methyl sites for hydroxylation is 4. The number of alkyl carbamates (subject to hydrolysis) is 1. The highest BCUT2D eigenvalue weighted by atomic mass is 32.1. The van der Waals surface area contributed by atoms with Crippen LogP contribution < -0.4 is 25.8 Å². The van der Waals surface area contributed by atoms with Crippen molar-refractivity contribution in [1.29, 1.82) is 0 Å². The molecule has 0 saturated carbocycles. The summed E-state index contributed by atoms with van der Waals surface area (Å²) in [6.07, 6.45) is 2.61. The minimum Gasteiger partial charge on any atom is -0.457 e. The second-order valence-electron chi connectivity index (χ2n) is 16.5. The summed E-state index contributed by atoms with van der Waals surface area (Å²) in [7, 11) is 2.97. The highest BCUT2D eigenvalue weighted by Gasteiger charge is 2.18. The number of nitrogens with zero attached hydrogens (tertiary/aromatic N) is 6. The minimum absolute atomic E-state index is 0.00205. The summed E-state index contributed by atoms with van der Waals surface area (Å²) in [5, 5.41) is 26.1. The summed E-state index contributed by atoms with van der Waals surface area (Å²) < 4.78 is 18.7. The Bertz CT molecular complexity index is 2970. The number of ether oxygens (including phenoxy) is 3. The number of aliphatic hydroxyl groups is 1. The molecular weight excluding hydrogens is 927 g/mol. The molecule has 7 rings (SSSR count). The number of nitrogens with two attached hydrogens (primary N) is 1. The second kappa shape index (κ2) is 27.1. The number of ketones is 2. The van der Waals surface area contributed by atoms with Crippen molar-refractivity contribution in [3.05, 3.63) is 160 Å². The van der Waals surface area contributed by atoms with Crippen molar-refractivity contribution in [2.24, 2.45) is 17.8 Å². The quantitative estimate of drug-likeness (QED) is 0.0323.